The van der Waals surface area contributed by atoms with Gasteiger partial charge >= 0.3 is 0 Å². The van der Waals surface area contributed by atoms with Gasteiger partial charge in [0.1, 0.15) is 0 Å². The largest absolute Gasteiger partial charge is 0.490 e. The molecule has 1 aromatic carbocycles. The molecule has 0 saturated heterocycles. The summed E-state index contributed by atoms with van der Waals surface area (Å²) in [5.74, 6) is 1.62. The number of halogens is 2. The summed E-state index contributed by atoms with van der Waals surface area (Å²) in [5.41, 5.74) is 1.22. The zero-order valence-electron chi connectivity index (χ0n) is 14.6. The van der Waals surface area contributed by atoms with E-state index >= 15 is 0 Å². The van der Waals surface area contributed by atoms with Crippen LogP contribution in [0.1, 0.15) is 58.4 Å². The highest BCUT2D eigenvalue weighted by atomic mass is 79.9. The summed E-state index contributed by atoms with van der Waals surface area (Å²) in [5, 5.41) is 3.51. The third-order valence-electron chi connectivity index (χ3n) is 3.44. The Hall–Kier alpha value is -0.450. The predicted octanol–water partition coefficient (Wildman–Crippen LogP) is 5.73. The van der Waals surface area contributed by atoms with E-state index in [-0.39, 0.29) is 12.4 Å². The van der Waals surface area contributed by atoms with Crippen molar-refractivity contribution in [1.29, 1.82) is 0 Å². The lowest BCUT2D eigenvalue weighted by molar-refractivity contribution is 0.286. The van der Waals surface area contributed by atoms with Gasteiger partial charge in [-0.1, -0.05) is 32.6 Å². The number of rotatable bonds is 12. The van der Waals surface area contributed by atoms with Crippen molar-refractivity contribution in [3.63, 3.8) is 0 Å². The van der Waals surface area contributed by atoms with Crippen LogP contribution >= 0.6 is 28.3 Å². The number of nitrogens with one attached hydrogen (secondary N) is 1. The second-order valence-electron chi connectivity index (χ2n) is 5.36. The highest BCUT2D eigenvalue weighted by Crippen LogP contribution is 2.36. The van der Waals surface area contributed by atoms with E-state index in [1.165, 1.54) is 37.7 Å². The minimum absolute atomic E-state index is 0. The van der Waals surface area contributed by atoms with Crippen molar-refractivity contribution in [2.24, 2.45) is 0 Å². The van der Waals surface area contributed by atoms with Crippen LogP contribution in [0.3, 0.4) is 0 Å². The summed E-state index contributed by atoms with van der Waals surface area (Å²) < 4.78 is 12.3. The Labute approximate surface area is 156 Å². The van der Waals surface area contributed by atoms with Crippen molar-refractivity contribution in [1.82, 2.24) is 5.32 Å². The van der Waals surface area contributed by atoms with E-state index in [2.05, 4.69) is 40.3 Å². The van der Waals surface area contributed by atoms with Crippen molar-refractivity contribution < 1.29 is 9.47 Å². The van der Waals surface area contributed by atoms with Crippen molar-refractivity contribution in [2.45, 2.75) is 59.4 Å². The molecule has 23 heavy (non-hydrogen) atoms. The fourth-order valence-corrected chi connectivity index (χ4v) is 2.96. The van der Waals surface area contributed by atoms with Crippen molar-refractivity contribution in [3.8, 4) is 11.5 Å². The molecule has 0 unspecified atom stereocenters. The van der Waals surface area contributed by atoms with Crippen molar-refractivity contribution in [2.75, 3.05) is 19.8 Å². The third-order valence-corrected chi connectivity index (χ3v) is 4.03. The molecule has 1 N–H and O–H groups in total. The lowest BCUT2D eigenvalue weighted by Crippen LogP contribution is -2.15. The average molecular weight is 409 g/mol. The Morgan fingerprint density at radius 2 is 1.65 bits per heavy atom. The summed E-state index contributed by atoms with van der Waals surface area (Å²) in [6.07, 6.45) is 6.56. The molecule has 1 rings (SSSR count). The maximum atomic E-state index is 5.70. The summed E-state index contributed by atoms with van der Waals surface area (Å²) >= 11 is 3.59. The van der Waals surface area contributed by atoms with Gasteiger partial charge in [-0.25, -0.2) is 0 Å². The Balaban J connectivity index is 0.00000484. The zero-order valence-corrected chi connectivity index (χ0v) is 17.0. The summed E-state index contributed by atoms with van der Waals surface area (Å²) in [4.78, 5) is 0. The lowest BCUT2D eigenvalue weighted by atomic mass is 10.1. The Kier molecular flexibility index (Phi) is 13.7. The smallest absolute Gasteiger partial charge is 0.175 e. The van der Waals surface area contributed by atoms with Gasteiger partial charge in [0.2, 0.25) is 0 Å². The first-order valence-electron chi connectivity index (χ1n) is 8.51. The molecule has 0 saturated carbocycles. The Bertz CT molecular complexity index is 430. The molecule has 0 bridgehead atoms. The fourth-order valence-electron chi connectivity index (χ4n) is 2.36. The van der Waals surface area contributed by atoms with Crippen LogP contribution in [0.2, 0.25) is 0 Å². The Morgan fingerprint density at radius 1 is 0.957 bits per heavy atom. The summed E-state index contributed by atoms with van der Waals surface area (Å²) in [7, 11) is 0. The monoisotopic (exact) mass is 407 g/mol. The van der Waals surface area contributed by atoms with Gasteiger partial charge in [0.15, 0.2) is 11.5 Å². The second-order valence-corrected chi connectivity index (χ2v) is 6.22. The van der Waals surface area contributed by atoms with E-state index in [4.69, 9.17) is 9.47 Å². The lowest BCUT2D eigenvalue weighted by Gasteiger charge is -2.15. The van der Waals surface area contributed by atoms with Crippen LogP contribution in [0.4, 0.5) is 0 Å². The SMILES string of the molecule is CCCCCCCNCc1cc(Br)c(OCC)c(OCC)c1.Cl. The van der Waals surface area contributed by atoms with Crippen LogP contribution in [0.15, 0.2) is 16.6 Å². The molecule has 0 radical (unpaired) electrons. The van der Waals surface area contributed by atoms with E-state index in [1.54, 1.807) is 0 Å². The van der Waals surface area contributed by atoms with Gasteiger partial charge in [-0.3, -0.25) is 0 Å². The first kappa shape index (κ1) is 22.6. The van der Waals surface area contributed by atoms with Gasteiger partial charge in [0.05, 0.1) is 17.7 Å². The molecule has 0 amide bonds. The molecule has 3 nitrogen and oxygen atoms in total. The number of hydrogen-bond acceptors (Lipinski definition) is 3. The quantitative estimate of drug-likeness (QED) is 0.448. The average Bonchev–Trinajstić information content (AvgIpc) is 2.50. The van der Waals surface area contributed by atoms with Crippen molar-refractivity contribution in [3.05, 3.63) is 22.2 Å². The molecule has 0 aliphatic heterocycles. The molecule has 0 aromatic heterocycles. The molecule has 0 aliphatic carbocycles. The maximum absolute atomic E-state index is 5.70. The predicted molar refractivity (Wildman–Crippen MR) is 104 cm³/mol. The van der Waals surface area contributed by atoms with E-state index in [0.717, 1.165) is 29.1 Å². The molecular formula is C18H31BrClNO2. The molecule has 0 fully saturated rings. The number of unbranched alkanes of at least 4 members (excludes halogenated alkanes) is 4. The normalized spacial score (nSPS) is 10.3. The van der Waals surface area contributed by atoms with Gasteiger partial charge in [-0.2, -0.15) is 0 Å². The molecule has 134 valence electrons. The van der Waals surface area contributed by atoms with Gasteiger partial charge in [0.25, 0.3) is 0 Å². The minimum atomic E-state index is 0. The van der Waals surface area contributed by atoms with Crippen LogP contribution in [0.25, 0.3) is 0 Å². The van der Waals surface area contributed by atoms with Crippen LogP contribution in [-0.4, -0.2) is 19.8 Å². The molecule has 0 atom stereocenters. The second kappa shape index (κ2) is 13.9. The van der Waals surface area contributed by atoms with E-state index in [9.17, 15) is 0 Å². The highest BCUT2D eigenvalue weighted by molar-refractivity contribution is 9.10. The van der Waals surface area contributed by atoms with Crippen LogP contribution in [0, 0.1) is 0 Å². The van der Waals surface area contributed by atoms with Crippen LogP contribution < -0.4 is 14.8 Å². The summed E-state index contributed by atoms with van der Waals surface area (Å²) in [6, 6.07) is 4.18. The minimum Gasteiger partial charge on any atom is -0.490 e. The van der Waals surface area contributed by atoms with Gasteiger partial charge in [0, 0.05) is 6.54 Å². The standard InChI is InChI=1S/C18H30BrNO2.ClH/c1-4-7-8-9-10-11-20-14-15-12-16(19)18(22-6-3)17(13-15)21-5-2;/h12-13,20H,4-11,14H2,1-3H3;1H. The van der Waals surface area contributed by atoms with Gasteiger partial charge < -0.3 is 14.8 Å². The molecule has 5 heteroatoms. The highest BCUT2D eigenvalue weighted by Gasteiger charge is 2.11. The molecule has 0 spiro atoms. The van der Waals surface area contributed by atoms with E-state index in [1.807, 2.05) is 13.8 Å². The number of benzene rings is 1. The van der Waals surface area contributed by atoms with Gasteiger partial charge in [-0.05, 0) is 60.4 Å². The van der Waals surface area contributed by atoms with Crippen LogP contribution in [0.5, 0.6) is 11.5 Å². The maximum Gasteiger partial charge on any atom is 0.175 e. The Morgan fingerprint density at radius 3 is 2.30 bits per heavy atom. The summed E-state index contributed by atoms with van der Waals surface area (Å²) in [6.45, 7) is 9.42. The molecule has 0 heterocycles. The first-order chi connectivity index (χ1) is 10.7. The first-order valence-corrected chi connectivity index (χ1v) is 9.30. The zero-order chi connectivity index (χ0) is 16.2. The molecule has 0 aliphatic rings. The number of hydrogen-bond donors (Lipinski definition) is 1. The van der Waals surface area contributed by atoms with Gasteiger partial charge in [-0.15, -0.1) is 12.4 Å². The third kappa shape index (κ3) is 8.83. The molecular weight excluding hydrogens is 378 g/mol. The molecule has 1 aromatic rings. The van der Waals surface area contributed by atoms with E-state index < -0.39 is 0 Å². The van der Waals surface area contributed by atoms with Crippen LogP contribution in [-0.2, 0) is 6.54 Å². The van der Waals surface area contributed by atoms with Crippen molar-refractivity contribution >= 4 is 28.3 Å². The fraction of sp³-hybridized carbons (Fsp3) is 0.667. The number of ether oxygens (including phenoxy) is 2. The topological polar surface area (TPSA) is 30.5 Å². The van der Waals surface area contributed by atoms with E-state index in [0.29, 0.717) is 13.2 Å².